The van der Waals surface area contributed by atoms with Crippen LogP contribution in [-0.2, 0) is 10.0 Å². The molecule has 2 N–H and O–H groups in total. The number of benzene rings is 1. The van der Waals surface area contributed by atoms with Crippen LogP contribution in [0.1, 0.15) is 27.9 Å². The number of aromatic nitrogens is 1. The number of thiazole rings is 1. The molecule has 1 aromatic heterocycles. The Morgan fingerprint density at radius 3 is 2.33 bits per heavy atom. The number of ketones is 1. The van der Waals surface area contributed by atoms with Crippen molar-refractivity contribution in [2.75, 3.05) is 5.43 Å². The Balaban J connectivity index is 2.13. The van der Waals surface area contributed by atoms with E-state index in [1.807, 2.05) is 6.92 Å². The number of aryl methyl sites for hydroxylation is 2. The Morgan fingerprint density at radius 2 is 1.81 bits per heavy atom. The predicted molar refractivity (Wildman–Crippen MR) is 82.0 cm³/mol. The van der Waals surface area contributed by atoms with Gasteiger partial charge in [-0.15, -0.1) is 4.83 Å². The third-order valence-electron chi connectivity index (χ3n) is 2.74. The molecule has 0 saturated heterocycles. The van der Waals surface area contributed by atoms with Crippen molar-refractivity contribution in [3.63, 3.8) is 0 Å². The summed E-state index contributed by atoms with van der Waals surface area (Å²) in [5.41, 5.74) is 4.08. The van der Waals surface area contributed by atoms with E-state index in [2.05, 4.69) is 15.2 Å². The first-order chi connectivity index (χ1) is 9.79. The maximum Gasteiger partial charge on any atom is 0.257 e. The Morgan fingerprint density at radius 1 is 1.19 bits per heavy atom. The van der Waals surface area contributed by atoms with Gasteiger partial charge in [0.2, 0.25) is 0 Å². The second kappa shape index (κ2) is 5.92. The summed E-state index contributed by atoms with van der Waals surface area (Å²) in [6.07, 6.45) is 0. The van der Waals surface area contributed by atoms with Gasteiger partial charge in [-0.1, -0.05) is 29.0 Å². The highest BCUT2D eigenvalue weighted by atomic mass is 32.2. The molecule has 0 aliphatic heterocycles. The number of nitrogens with one attached hydrogen (secondary N) is 2. The molecule has 6 nitrogen and oxygen atoms in total. The first-order valence-corrected chi connectivity index (χ1v) is 8.42. The monoisotopic (exact) mass is 325 g/mol. The zero-order valence-electron chi connectivity index (χ0n) is 11.8. The third-order valence-corrected chi connectivity index (χ3v) is 5.18. The molecule has 0 fully saturated rings. The number of hydrazine groups is 1. The van der Waals surface area contributed by atoms with E-state index in [-0.39, 0.29) is 10.7 Å². The lowest BCUT2D eigenvalue weighted by Crippen LogP contribution is -2.29. The Kier molecular flexibility index (Phi) is 4.40. The molecule has 21 heavy (non-hydrogen) atoms. The first kappa shape index (κ1) is 15.6. The number of carbonyl (C=O) groups excluding carboxylic acids is 1. The number of hydrogen-bond acceptors (Lipinski definition) is 6. The van der Waals surface area contributed by atoms with Gasteiger partial charge in [0.25, 0.3) is 10.0 Å². The van der Waals surface area contributed by atoms with E-state index in [0.29, 0.717) is 15.7 Å². The quantitative estimate of drug-likeness (QED) is 0.650. The van der Waals surface area contributed by atoms with Gasteiger partial charge in [-0.25, -0.2) is 13.4 Å². The van der Waals surface area contributed by atoms with E-state index in [0.717, 1.165) is 16.9 Å². The summed E-state index contributed by atoms with van der Waals surface area (Å²) in [4.78, 5) is 18.3. The summed E-state index contributed by atoms with van der Waals surface area (Å²) in [5.74, 6) is -0.0977. The number of hydrogen-bond donors (Lipinski definition) is 2. The van der Waals surface area contributed by atoms with E-state index < -0.39 is 10.0 Å². The SMILES string of the molecule is CC(=O)c1sc(NNS(=O)(=O)c2ccc(C)cc2)nc1C. The lowest BCUT2D eigenvalue weighted by atomic mass is 10.2. The Bertz CT molecular complexity index is 764. The van der Waals surface area contributed by atoms with Crippen molar-refractivity contribution in [3.8, 4) is 0 Å². The van der Waals surface area contributed by atoms with E-state index >= 15 is 0 Å². The largest absolute Gasteiger partial charge is 0.294 e. The molecule has 0 saturated carbocycles. The maximum atomic E-state index is 12.1. The van der Waals surface area contributed by atoms with Gasteiger partial charge in [-0.2, -0.15) is 0 Å². The lowest BCUT2D eigenvalue weighted by molar-refractivity contribution is 0.102. The minimum absolute atomic E-state index is 0.0977. The highest BCUT2D eigenvalue weighted by Crippen LogP contribution is 2.22. The zero-order chi connectivity index (χ0) is 15.6. The van der Waals surface area contributed by atoms with Crippen molar-refractivity contribution in [2.24, 2.45) is 0 Å². The number of carbonyl (C=O) groups is 1. The maximum absolute atomic E-state index is 12.1. The van der Waals surface area contributed by atoms with Gasteiger partial charge in [-0.05, 0) is 26.0 Å². The second-order valence-electron chi connectivity index (χ2n) is 4.53. The molecule has 0 bridgehead atoms. The van der Waals surface area contributed by atoms with Gasteiger partial charge in [0.1, 0.15) is 0 Å². The standard InChI is InChI=1S/C13H15N3O3S2/c1-8-4-6-11(7-5-8)21(18,19)16-15-13-14-9(2)12(20-13)10(3)17/h4-7,16H,1-3H3,(H,14,15). The van der Waals surface area contributed by atoms with E-state index in [1.165, 1.54) is 19.1 Å². The summed E-state index contributed by atoms with van der Waals surface area (Å²) in [5, 5.41) is 0.327. The Hall–Kier alpha value is -1.77. The van der Waals surface area contributed by atoms with Gasteiger partial charge in [0, 0.05) is 6.92 Å². The van der Waals surface area contributed by atoms with E-state index in [1.54, 1.807) is 19.1 Å². The summed E-state index contributed by atoms with van der Waals surface area (Å²) < 4.78 is 24.2. The molecular formula is C13H15N3O3S2. The van der Waals surface area contributed by atoms with Gasteiger partial charge in [0.05, 0.1) is 15.5 Å². The molecule has 0 aliphatic carbocycles. The molecule has 112 valence electrons. The van der Waals surface area contributed by atoms with Crippen LogP contribution in [-0.4, -0.2) is 19.2 Å². The fraction of sp³-hybridized carbons (Fsp3) is 0.231. The number of Topliss-reactive ketones (excluding diaryl/α,β-unsaturated/α-hetero) is 1. The number of sulfonamides is 1. The molecule has 1 heterocycles. The van der Waals surface area contributed by atoms with Crippen LogP contribution in [0.15, 0.2) is 29.2 Å². The molecule has 0 radical (unpaired) electrons. The minimum atomic E-state index is -3.68. The molecule has 0 spiro atoms. The van der Waals surface area contributed by atoms with Crippen LogP contribution < -0.4 is 10.3 Å². The zero-order valence-corrected chi connectivity index (χ0v) is 13.4. The van der Waals surface area contributed by atoms with Gasteiger partial charge < -0.3 is 0 Å². The summed E-state index contributed by atoms with van der Waals surface area (Å²) in [6, 6.07) is 6.48. The van der Waals surface area contributed by atoms with Crippen LogP contribution in [0, 0.1) is 13.8 Å². The molecule has 0 atom stereocenters. The highest BCUT2D eigenvalue weighted by molar-refractivity contribution is 7.89. The summed E-state index contributed by atoms with van der Waals surface area (Å²) >= 11 is 1.11. The lowest BCUT2D eigenvalue weighted by Gasteiger charge is -2.07. The smallest absolute Gasteiger partial charge is 0.257 e. The van der Waals surface area contributed by atoms with Crippen molar-refractivity contribution in [3.05, 3.63) is 40.4 Å². The van der Waals surface area contributed by atoms with Crippen LogP contribution in [0.3, 0.4) is 0 Å². The van der Waals surface area contributed by atoms with Crippen molar-refractivity contribution < 1.29 is 13.2 Å². The van der Waals surface area contributed by atoms with Crippen LogP contribution in [0.25, 0.3) is 0 Å². The predicted octanol–water partition coefficient (Wildman–Crippen LogP) is 2.27. The Labute approximate surface area is 127 Å². The average molecular weight is 325 g/mol. The number of anilines is 1. The van der Waals surface area contributed by atoms with Crippen molar-refractivity contribution >= 4 is 32.3 Å². The average Bonchev–Trinajstić information content (AvgIpc) is 2.79. The van der Waals surface area contributed by atoms with Crippen molar-refractivity contribution in [2.45, 2.75) is 25.7 Å². The molecular weight excluding hydrogens is 310 g/mol. The third kappa shape index (κ3) is 3.66. The number of rotatable bonds is 5. The van der Waals surface area contributed by atoms with Gasteiger partial charge >= 0.3 is 0 Å². The van der Waals surface area contributed by atoms with Gasteiger partial charge in [0.15, 0.2) is 10.9 Å². The van der Waals surface area contributed by atoms with Crippen molar-refractivity contribution in [1.82, 2.24) is 9.82 Å². The topological polar surface area (TPSA) is 88.2 Å². The summed E-state index contributed by atoms with van der Waals surface area (Å²) in [6.45, 7) is 5.03. The van der Waals surface area contributed by atoms with Crippen LogP contribution >= 0.6 is 11.3 Å². The van der Waals surface area contributed by atoms with Crippen molar-refractivity contribution in [1.29, 1.82) is 0 Å². The highest BCUT2D eigenvalue weighted by Gasteiger charge is 2.16. The molecule has 8 heteroatoms. The molecule has 0 unspecified atom stereocenters. The van der Waals surface area contributed by atoms with Gasteiger partial charge in [-0.3, -0.25) is 10.2 Å². The molecule has 1 aromatic carbocycles. The molecule has 2 aromatic rings. The van der Waals surface area contributed by atoms with Crippen LogP contribution in [0.5, 0.6) is 0 Å². The normalized spacial score (nSPS) is 11.4. The van der Waals surface area contributed by atoms with Crippen LogP contribution in [0.2, 0.25) is 0 Å². The van der Waals surface area contributed by atoms with E-state index in [4.69, 9.17) is 0 Å². The summed E-state index contributed by atoms with van der Waals surface area (Å²) in [7, 11) is -3.68. The minimum Gasteiger partial charge on any atom is -0.294 e. The first-order valence-electron chi connectivity index (χ1n) is 6.12. The van der Waals surface area contributed by atoms with E-state index in [9.17, 15) is 13.2 Å². The second-order valence-corrected chi connectivity index (χ2v) is 7.21. The fourth-order valence-corrected chi connectivity index (χ4v) is 3.39. The van der Waals surface area contributed by atoms with Crippen LogP contribution in [0.4, 0.5) is 5.13 Å². The number of nitrogens with zero attached hydrogens (tertiary/aromatic N) is 1. The molecule has 0 aliphatic rings. The molecule has 2 rings (SSSR count). The fourth-order valence-electron chi connectivity index (χ4n) is 1.66. The molecule has 0 amide bonds.